The Bertz CT molecular complexity index is 1230. The molecule has 1 aromatic heterocycles. The minimum atomic E-state index is -0.847. The number of carbonyl (C=O) groups excluding carboxylic acids is 2. The van der Waals surface area contributed by atoms with Gasteiger partial charge < -0.3 is 9.88 Å². The summed E-state index contributed by atoms with van der Waals surface area (Å²) < 4.78 is 1.89. The molecule has 174 valence electrons. The van der Waals surface area contributed by atoms with Crippen LogP contribution in [0, 0.1) is 19.3 Å². The van der Waals surface area contributed by atoms with Crippen molar-refractivity contribution in [3.63, 3.8) is 0 Å². The number of nitrogens with zero attached hydrogens (tertiary/aromatic N) is 3. The number of nitrogens with one attached hydrogen (secondary N) is 1. The fraction of sp³-hybridized carbons (Fsp3) is 0.444. The van der Waals surface area contributed by atoms with E-state index in [0.717, 1.165) is 34.3 Å². The molecule has 6 heteroatoms. The van der Waals surface area contributed by atoms with Crippen LogP contribution < -0.4 is 10.2 Å². The fourth-order valence-electron chi connectivity index (χ4n) is 5.11. The second-order valence-corrected chi connectivity index (χ2v) is 11.1. The Balaban J connectivity index is 1.83. The molecule has 2 heterocycles. The molecule has 1 N–H and O–H groups in total. The zero-order valence-electron chi connectivity index (χ0n) is 20.7. The van der Waals surface area contributed by atoms with Gasteiger partial charge >= 0.3 is 0 Å². The molecule has 0 saturated carbocycles. The van der Waals surface area contributed by atoms with E-state index >= 15 is 0 Å². The van der Waals surface area contributed by atoms with Gasteiger partial charge in [-0.15, -0.1) is 0 Å². The molecule has 0 radical (unpaired) electrons. The van der Waals surface area contributed by atoms with E-state index in [4.69, 9.17) is 4.98 Å². The zero-order chi connectivity index (χ0) is 24.1. The molecular weight excluding hydrogens is 412 g/mol. The van der Waals surface area contributed by atoms with Gasteiger partial charge in [0, 0.05) is 11.2 Å². The van der Waals surface area contributed by atoms with Crippen LogP contribution in [-0.4, -0.2) is 26.9 Å². The van der Waals surface area contributed by atoms with E-state index in [9.17, 15) is 9.59 Å². The number of imidazole rings is 1. The van der Waals surface area contributed by atoms with Gasteiger partial charge in [-0.2, -0.15) is 0 Å². The SMILES string of the molecule is Cc1ccc(N2C(=O)Cn3c(nc4ccccc43)C2C(=O)NC(C)(C)CC(C)(C)C)cc1C. The topological polar surface area (TPSA) is 67.2 Å². The Morgan fingerprint density at radius 2 is 1.76 bits per heavy atom. The van der Waals surface area contributed by atoms with Crippen LogP contribution >= 0.6 is 0 Å². The van der Waals surface area contributed by atoms with E-state index in [1.54, 1.807) is 4.90 Å². The zero-order valence-corrected chi connectivity index (χ0v) is 20.7. The third-order valence-corrected chi connectivity index (χ3v) is 6.20. The summed E-state index contributed by atoms with van der Waals surface area (Å²) in [4.78, 5) is 33.8. The predicted molar refractivity (Wildman–Crippen MR) is 132 cm³/mol. The highest BCUT2D eigenvalue weighted by Crippen LogP contribution is 2.36. The number of aryl methyl sites for hydroxylation is 2. The molecule has 1 aliphatic heterocycles. The molecule has 0 bridgehead atoms. The second kappa shape index (κ2) is 8.01. The number of amides is 2. The minimum Gasteiger partial charge on any atom is -0.349 e. The van der Waals surface area contributed by atoms with Gasteiger partial charge in [-0.25, -0.2) is 4.98 Å². The molecule has 1 aliphatic rings. The Morgan fingerprint density at radius 1 is 1.06 bits per heavy atom. The Morgan fingerprint density at radius 3 is 2.42 bits per heavy atom. The summed E-state index contributed by atoms with van der Waals surface area (Å²) in [5.74, 6) is 0.257. The first-order valence-corrected chi connectivity index (χ1v) is 11.5. The Hall–Kier alpha value is -3.15. The van der Waals surface area contributed by atoms with Crippen LogP contribution in [-0.2, 0) is 16.1 Å². The fourth-order valence-corrected chi connectivity index (χ4v) is 5.11. The smallest absolute Gasteiger partial charge is 0.251 e. The first-order valence-electron chi connectivity index (χ1n) is 11.5. The highest BCUT2D eigenvalue weighted by Gasteiger charge is 2.42. The van der Waals surface area contributed by atoms with Crippen molar-refractivity contribution in [2.24, 2.45) is 5.41 Å². The summed E-state index contributed by atoms with van der Waals surface area (Å²) in [6, 6.07) is 12.8. The normalized spacial score (nSPS) is 16.8. The quantitative estimate of drug-likeness (QED) is 0.608. The van der Waals surface area contributed by atoms with Crippen LogP contribution in [0.25, 0.3) is 11.0 Å². The maximum absolute atomic E-state index is 13.9. The summed E-state index contributed by atoms with van der Waals surface area (Å²) in [7, 11) is 0. The monoisotopic (exact) mass is 446 g/mol. The van der Waals surface area contributed by atoms with Crippen molar-refractivity contribution in [3.05, 3.63) is 59.4 Å². The van der Waals surface area contributed by atoms with Gasteiger partial charge in [-0.05, 0) is 74.9 Å². The number of benzene rings is 2. The Labute approximate surface area is 196 Å². The highest BCUT2D eigenvalue weighted by atomic mass is 16.2. The predicted octanol–water partition coefficient (Wildman–Crippen LogP) is 5.07. The van der Waals surface area contributed by atoms with Crippen molar-refractivity contribution < 1.29 is 9.59 Å². The average Bonchev–Trinajstić information content (AvgIpc) is 3.05. The van der Waals surface area contributed by atoms with Crippen LogP contribution in [0.1, 0.15) is 64.0 Å². The molecule has 0 aliphatic carbocycles. The lowest BCUT2D eigenvalue weighted by atomic mass is 9.81. The van der Waals surface area contributed by atoms with Crippen molar-refractivity contribution in [2.45, 2.75) is 73.0 Å². The van der Waals surface area contributed by atoms with E-state index in [1.165, 1.54) is 0 Å². The second-order valence-electron chi connectivity index (χ2n) is 11.1. The number of hydrogen-bond donors (Lipinski definition) is 1. The number of para-hydroxylation sites is 2. The highest BCUT2D eigenvalue weighted by molar-refractivity contribution is 6.03. The van der Waals surface area contributed by atoms with E-state index in [2.05, 4.69) is 26.1 Å². The molecule has 1 unspecified atom stereocenters. The Kier molecular flexibility index (Phi) is 5.59. The molecule has 2 aromatic carbocycles. The van der Waals surface area contributed by atoms with Gasteiger partial charge in [0.2, 0.25) is 5.91 Å². The third-order valence-electron chi connectivity index (χ3n) is 6.20. The van der Waals surface area contributed by atoms with E-state index in [-0.39, 0.29) is 23.8 Å². The number of fused-ring (bicyclic) bond motifs is 3. The molecule has 0 spiro atoms. The third kappa shape index (κ3) is 4.52. The molecule has 6 nitrogen and oxygen atoms in total. The maximum Gasteiger partial charge on any atom is 0.251 e. The molecule has 3 aromatic rings. The summed E-state index contributed by atoms with van der Waals surface area (Å²) >= 11 is 0. The van der Waals surface area contributed by atoms with Crippen LogP contribution in [0.4, 0.5) is 5.69 Å². The molecule has 1 atom stereocenters. The van der Waals surface area contributed by atoms with Gasteiger partial charge in [0.25, 0.3) is 5.91 Å². The molecule has 0 saturated heterocycles. The maximum atomic E-state index is 13.9. The lowest BCUT2D eigenvalue weighted by molar-refractivity contribution is -0.129. The van der Waals surface area contributed by atoms with Crippen LogP contribution in [0.3, 0.4) is 0 Å². The summed E-state index contributed by atoms with van der Waals surface area (Å²) in [6.45, 7) is 14.7. The van der Waals surface area contributed by atoms with Gasteiger partial charge in [-0.1, -0.05) is 39.0 Å². The number of aromatic nitrogens is 2. The van der Waals surface area contributed by atoms with Crippen molar-refractivity contribution in [2.75, 3.05) is 4.90 Å². The van der Waals surface area contributed by atoms with Crippen molar-refractivity contribution >= 4 is 28.5 Å². The lowest BCUT2D eigenvalue weighted by Crippen LogP contribution is -2.54. The average molecular weight is 447 g/mol. The summed E-state index contributed by atoms with van der Waals surface area (Å²) in [6.07, 6.45) is 0.798. The summed E-state index contributed by atoms with van der Waals surface area (Å²) in [5.41, 5.74) is 4.19. The van der Waals surface area contributed by atoms with E-state index < -0.39 is 11.6 Å². The number of anilines is 1. The van der Waals surface area contributed by atoms with Gasteiger partial charge in [0.15, 0.2) is 6.04 Å². The van der Waals surface area contributed by atoms with Crippen molar-refractivity contribution in [3.8, 4) is 0 Å². The van der Waals surface area contributed by atoms with Crippen molar-refractivity contribution in [1.29, 1.82) is 0 Å². The first-order chi connectivity index (χ1) is 15.4. The largest absolute Gasteiger partial charge is 0.349 e. The summed E-state index contributed by atoms with van der Waals surface area (Å²) in [5, 5.41) is 3.23. The number of hydrogen-bond acceptors (Lipinski definition) is 3. The van der Waals surface area contributed by atoms with Crippen LogP contribution in [0.2, 0.25) is 0 Å². The van der Waals surface area contributed by atoms with Crippen molar-refractivity contribution in [1.82, 2.24) is 14.9 Å². The molecule has 4 rings (SSSR count). The van der Waals surface area contributed by atoms with Gasteiger partial charge in [0.1, 0.15) is 12.4 Å². The number of carbonyl (C=O) groups is 2. The van der Waals surface area contributed by atoms with Gasteiger partial charge in [0.05, 0.1) is 11.0 Å². The van der Waals surface area contributed by atoms with Gasteiger partial charge in [-0.3, -0.25) is 14.5 Å². The van der Waals surface area contributed by atoms with E-state index in [0.29, 0.717) is 5.82 Å². The molecule has 2 amide bonds. The van der Waals surface area contributed by atoms with E-state index in [1.807, 2.05) is 74.7 Å². The lowest BCUT2D eigenvalue weighted by Gasteiger charge is -2.39. The first kappa shape index (κ1) is 23.0. The number of rotatable bonds is 4. The van der Waals surface area contributed by atoms with Crippen LogP contribution in [0.15, 0.2) is 42.5 Å². The minimum absolute atomic E-state index is 0.0417. The van der Waals surface area contributed by atoms with Crippen LogP contribution in [0.5, 0.6) is 0 Å². The standard InChI is InChI=1S/C27H34N4O2/c1-17-12-13-19(14-18(17)2)31-22(32)15-30-21-11-9-8-10-20(21)28-24(30)23(31)25(33)29-27(6,7)16-26(3,4)5/h8-14,23H,15-16H2,1-7H3,(H,29,33). The molecule has 0 fully saturated rings. The molecular formula is C27H34N4O2. The molecule has 33 heavy (non-hydrogen) atoms.